The van der Waals surface area contributed by atoms with Gasteiger partial charge < -0.3 is 4.74 Å². The monoisotopic (exact) mass is 401 g/mol. The molecule has 0 fully saturated rings. The Bertz CT molecular complexity index is 666. The number of rotatable bonds is 6. The Kier molecular flexibility index (Phi) is 6.27. The molecular formula is C12H14BrF2NO5S. The average Bonchev–Trinajstić information content (AvgIpc) is 2.42. The fourth-order valence-corrected chi connectivity index (χ4v) is 3.25. The van der Waals surface area contributed by atoms with Gasteiger partial charge in [0.25, 0.3) is 12.3 Å². The van der Waals surface area contributed by atoms with Gasteiger partial charge in [0.2, 0.25) is 0 Å². The number of carbonyl (C=O) groups excluding carboxylic acids is 1. The second-order valence-corrected chi connectivity index (χ2v) is 7.02. The van der Waals surface area contributed by atoms with Crippen LogP contribution in [0.2, 0.25) is 0 Å². The lowest BCUT2D eigenvalue weighted by Crippen LogP contribution is -2.27. The van der Waals surface area contributed by atoms with Crippen LogP contribution in [-0.4, -0.2) is 52.8 Å². The molecule has 0 atom stereocenters. The minimum Gasteiger partial charge on any atom is -0.485 e. The molecule has 0 aliphatic carbocycles. The molecule has 1 aromatic carbocycles. The number of ether oxygens (including phenoxy) is 1. The Balaban J connectivity index is 3.53. The van der Waals surface area contributed by atoms with Crippen molar-refractivity contribution in [2.75, 3.05) is 27.0 Å². The predicted octanol–water partition coefficient (Wildman–Crippen LogP) is 2.13. The Hall–Kier alpha value is -1.26. The van der Waals surface area contributed by atoms with Crippen molar-refractivity contribution in [2.45, 2.75) is 11.3 Å². The van der Waals surface area contributed by atoms with E-state index >= 15 is 0 Å². The van der Waals surface area contributed by atoms with E-state index < -0.39 is 33.7 Å². The number of hydroxylamine groups is 2. The maximum absolute atomic E-state index is 12.3. The number of hydrogen-bond acceptors (Lipinski definition) is 5. The summed E-state index contributed by atoms with van der Waals surface area (Å²) in [6.45, 7) is -1.00. The van der Waals surface area contributed by atoms with Gasteiger partial charge in [-0.05, 0) is 28.1 Å². The molecule has 0 saturated heterocycles. The van der Waals surface area contributed by atoms with Crippen LogP contribution in [0.5, 0.6) is 5.75 Å². The number of halogens is 3. The van der Waals surface area contributed by atoms with Crippen LogP contribution >= 0.6 is 15.9 Å². The molecule has 0 aromatic heterocycles. The van der Waals surface area contributed by atoms with Crippen molar-refractivity contribution in [3.63, 3.8) is 0 Å². The minimum atomic E-state index is -3.92. The molecule has 0 heterocycles. The first-order chi connectivity index (χ1) is 10.1. The van der Waals surface area contributed by atoms with Crippen molar-refractivity contribution >= 4 is 31.7 Å². The summed E-state index contributed by atoms with van der Waals surface area (Å²) in [5.74, 6) is -1.09. The van der Waals surface area contributed by atoms with Crippen LogP contribution in [0.1, 0.15) is 10.4 Å². The maximum atomic E-state index is 12.3. The van der Waals surface area contributed by atoms with Gasteiger partial charge in [-0.15, -0.1) is 0 Å². The summed E-state index contributed by atoms with van der Waals surface area (Å²) < 4.78 is 53.7. The van der Waals surface area contributed by atoms with Gasteiger partial charge in [-0.25, -0.2) is 22.3 Å². The first-order valence-corrected chi connectivity index (χ1v) is 8.53. The summed E-state index contributed by atoms with van der Waals surface area (Å²) in [6.07, 6.45) is -1.94. The molecule has 22 heavy (non-hydrogen) atoms. The zero-order valence-corrected chi connectivity index (χ0v) is 14.4. The lowest BCUT2D eigenvalue weighted by atomic mass is 10.2. The molecule has 124 valence electrons. The van der Waals surface area contributed by atoms with E-state index in [1.165, 1.54) is 26.3 Å². The second-order valence-electron chi connectivity index (χ2n) is 4.21. The molecule has 0 spiro atoms. The fraction of sp³-hybridized carbons (Fsp3) is 0.417. The normalized spacial score (nSPS) is 11.6. The predicted molar refractivity (Wildman–Crippen MR) is 77.9 cm³/mol. The number of benzene rings is 1. The van der Waals surface area contributed by atoms with Crippen LogP contribution in [0.4, 0.5) is 8.78 Å². The van der Waals surface area contributed by atoms with Gasteiger partial charge in [0, 0.05) is 13.3 Å². The summed E-state index contributed by atoms with van der Waals surface area (Å²) in [5.41, 5.74) is -0.237. The second kappa shape index (κ2) is 7.34. The van der Waals surface area contributed by atoms with Crippen molar-refractivity contribution in [3.05, 3.63) is 22.2 Å². The van der Waals surface area contributed by atoms with E-state index in [1.807, 2.05) is 0 Å². The van der Waals surface area contributed by atoms with Crippen molar-refractivity contribution in [2.24, 2.45) is 0 Å². The standard InChI is InChI=1S/C12H14BrF2NO5S/c1-16(20-2)12(17)7-4-5-8(13)10(21-6-9(14)15)11(7)22(3,18)19/h4-5,9H,6H2,1-3H3. The highest BCUT2D eigenvalue weighted by Crippen LogP contribution is 2.36. The molecule has 0 aliphatic rings. The zero-order valence-electron chi connectivity index (χ0n) is 12.0. The lowest BCUT2D eigenvalue weighted by Gasteiger charge is -2.18. The lowest BCUT2D eigenvalue weighted by molar-refractivity contribution is -0.0759. The highest BCUT2D eigenvalue weighted by Gasteiger charge is 2.28. The quantitative estimate of drug-likeness (QED) is 0.682. The van der Waals surface area contributed by atoms with Crippen molar-refractivity contribution < 1.29 is 31.6 Å². The van der Waals surface area contributed by atoms with Crippen LogP contribution < -0.4 is 4.74 Å². The number of hydrogen-bond donors (Lipinski definition) is 0. The molecule has 0 unspecified atom stereocenters. The van der Waals surface area contributed by atoms with Gasteiger partial charge >= 0.3 is 0 Å². The third-order valence-corrected chi connectivity index (χ3v) is 4.35. The molecule has 1 amide bonds. The van der Waals surface area contributed by atoms with Crippen molar-refractivity contribution in [3.8, 4) is 5.75 Å². The largest absolute Gasteiger partial charge is 0.485 e. The molecule has 1 aromatic rings. The molecule has 0 N–H and O–H groups in total. The van der Waals surface area contributed by atoms with Gasteiger partial charge in [-0.2, -0.15) is 0 Å². The van der Waals surface area contributed by atoms with E-state index in [9.17, 15) is 22.0 Å². The number of alkyl halides is 2. The van der Waals surface area contributed by atoms with Crippen LogP contribution in [0, 0.1) is 0 Å². The first-order valence-electron chi connectivity index (χ1n) is 5.85. The van der Waals surface area contributed by atoms with Gasteiger partial charge in [0.15, 0.2) is 15.6 Å². The van der Waals surface area contributed by atoms with E-state index in [-0.39, 0.29) is 15.8 Å². The van der Waals surface area contributed by atoms with E-state index in [1.54, 1.807) is 0 Å². The van der Waals surface area contributed by atoms with Crippen LogP contribution in [0.25, 0.3) is 0 Å². The summed E-state index contributed by atoms with van der Waals surface area (Å²) in [6, 6.07) is 2.58. The number of carbonyl (C=O) groups is 1. The first kappa shape index (κ1) is 18.8. The molecule has 0 bridgehead atoms. The van der Waals surface area contributed by atoms with Crippen LogP contribution in [0.15, 0.2) is 21.5 Å². The topological polar surface area (TPSA) is 72.9 Å². The van der Waals surface area contributed by atoms with Crippen LogP contribution in [0.3, 0.4) is 0 Å². The van der Waals surface area contributed by atoms with Gasteiger partial charge in [0.05, 0.1) is 17.1 Å². The Morgan fingerprint density at radius 1 is 1.41 bits per heavy atom. The Morgan fingerprint density at radius 2 is 2.00 bits per heavy atom. The number of nitrogens with zero attached hydrogens (tertiary/aromatic N) is 1. The highest BCUT2D eigenvalue weighted by atomic mass is 79.9. The third-order valence-electron chi connectivity index (χ3n) is 2.58. The maximum Gasteiger partial charge on any atom is 0.278 e. The Morgan fingerprint density at radius 3 is 2.45 bits per heavy atom. The molecule has 6 nitrogen and oxygen atoms in total. The third kappa shape index (κ3) is 4.37. The number of amides is 1. The molecule has 0 saturated carbocycles. The van der Waals surface area contributed by atoms with E-state index in [0.717, 1.165) is 11.3 Å². The van der Waals surface area contributed by atoms with Gasteiger partial charge in [-0.1, -0.05) is 0 Å². The highest BCUT2D eigenvalue weighted by molar-refractivity contribution is 9.10. The smallest absolute Gasteiger partial charge is 0.278 e. The van der Waals surface area contributed by atoms with Gasteiger partial charge in [-0.3, -0.25) is 9.63 Å². The SMILES string of the molecule is CON(C)C(=O)c1ccc(Br)c(OCC(F)F)c1S(C)(=O)=O. The number of sulfone groups is 1. The molecule has 1 rings (SSSR count). The summed E-state index contributed by atoms with van der Waals surface area (Å²) in [5, 5.41) is 0.814. The van der Waals surface area contributed by atoms with Crippen LogP contribution in [-0.2, 0) is 14.7 Å². The fourth-order valence-electron chi connectivity index (χ4n) is 1.61. The molecule has 0 aliphatic heterocycles. The Labute approximate surface area is 135 Å². The van der Waals surface area contributed by atoms with E-state index in [2.05, 4.69) is 15.9 Å². The average molecular weight is 402 g/mol. The molecular weight excluding hydrogens is 388 g/mol. The van der Waals surface area contributed by atoms with E-state index in [4.69, 9.17) is 9.57 Å². The summed E-state index contributed by atoms with van der Waals surface area (Å²) in [4.78, 5) is 16.4. The van der Waals surface area contributed by atoms with Crippen molar-refractivity contribution in [1.29, 1.82) is 0 Å². The van der Waals surface area contributed by atoms with Crippen molar-refractivity contribution in [1.82, 2.24) is 5.06 Å². The summed E-state index contributed by atoms with van der Waals surface area (Å²) >= 11 is 3.04. The van der Waals surface area contributed by atoms with E-state index in [0.29, 0.717) is 0 Å². The zero-order chi connectivity index (χ0) is 17.1. The summed E-state index contributed by atoms with van der Waals surface area (Å²) in [7, 11) is -1.41. The minimum absolute atomic E-state index is 0.144. The molecule has 0 radical (unpaired) electrons. The van der Waals surface area contributed by atoms with Gasteiger partial charge in [0.1, 0.15) is 11.5 Å². The molecule has 10 heteroatoms.